The predicted octanol–water partition coefficient (Wildman–Crippen LogP) is 2.98. The van der Waals surface area contributed by atoms with E-state index in [1.165, 1.54) is 6.26 Å². The molecular weight excluding hydrogens is 380 g/mol. The molecule has 0 radical (unpaired) electrons. The first-order valence-corrected chi connectivity index (χ1v) is 10.7. The predicted molar refractivity (Wildman–Crippen MR) is 112 cm³/mol. The van der Waals surface area contributed by atoms with Crippen molar-refractivity contribution in [3.05, 3.63) is 29.8 Å². The summed E-state index contributed by atoms with van der Waals surface area (Å²) in [5, 5.41) is 0. The molecule has 0 aromatic heterocycles. The highest BCUT2D eigenvalue weighted by molar-refractivity contribution is 7.79. The molecule has 8 heteroatoms. The Morgan fingerprint density at radius 2 is 1.54 bits per heavy atom. The zero-order valence-corrected chi connectivity index (χ0v) is 18.2. The van der Waals surface area contributed by atoms with E-state index in [2.05, 4.69) is 13.8 Å². The highest BCUT2D eigenvalue weighted by Crippen LogP contribution is 2.32. The molecule has 0 fully saturated rings. The molecule has 156 valence electrons. The van der Waals surface area contributed by atoms with Crippen LogP contribution >= 0.6 is 0 Å². The molecule has 1 aliphatic rings. The van der Waals surface area contributed by atoms with Crippen LogP contribution < -0.4 is 4.74 Å². The molecule has 0 N–H and O–H groups in total. The number of rotatable bonds is 8. The molecule has 7 nitrogen and oxygen atoms in total. The molecule has 0 saturated heterocycles. The first-order chi connectivity index (χ1) is 13.4. The second-order valence-electron chi connectivity index (χ2n) is 6.87. The van der Waals surface area contributed by atoms with Gasteiger partial charge in [0.2, 0.25) is 11.8 Å². The lowest BCUT2D eigenvalue weighted by Crippen LogP contribution is -2.40. The van der Waals surface area contributed by atoms with Gasteiger partial charge in [0.15, 0.2) is 11.1 Å². The van der Waals surface area contributed by atoms with E-state index in [9.17, 15) is 4.21 Å². The van der Waals surface area contributed by atoms with Crippen LogP contribution in [0, 0.1) is 5.92 Å². The van der Waals surface area contributed by atoms with E-state index in [1.54, 1.807) is 21.3 Å². The van der Waals surface area contributed by atoms with Crippen molar-refractivity contribution in [1.82, 2.24) is 0 Å². The third kappa shape index (κ3) is 5.54. The summed E-state index contributed by atoms with van der Waals surface area (Å²) in [6, 6.07) is 7.29. The maximum Gasteiger partial charge on any atom is 0.210 e. The lowest BCUT2D eigenvalue weighted by Gasteiger charge is -2.31. The SMILES string of the molecule is COC1=NC(C(CCOS(C)=O)c2ccc(OC)cc2)C(OC)=NC1C(C)C. The highest BCUT2D eigenvalue weighted by Gasteiger charge is 2.36. The van der Waals surface area contributed by atoms with Crippen molar-refractivity contribution in [2.75, 3.05) is 34.2 Å². The summed E-state index contributed by atoms with van der Waals surface area (Å²) in [5.74, 6) is 2.09. The summed E-state index contributed by atoms with van der Waals surface area (Å²) >= 11 is -1.32. The molecule has 1 aromatic carbocycles. The summed E-state index contributed by atoms with van der Waals surface area (Å²) in [5.41, 5.74) is 1.04. The maximum atomic E-state index is 11.3. The number of methoxy groups -OCH3 is 3. The van der Waals surface area contributed by atoms with Crippen LogP contribution in [0.5, 0.6) is 5.75 Å². The van der Waals surface area contributed by atoms with E-state index < -0.39 is 11.1 Å². The Morgan fingerprint density at radius 3 is 2.04 bits per heavy atom. The van der Waals surface area contributed by atoms with Gasteiger partial charge < -0.3 is 14.2 Å². The minimum absolute atomic E-state index is 0.0774. The summed E-state index contributed by atoms with van der Waals surface area (Å²) in [7, 11) is 4.86. The second-order valence-corrected chi connectivity index (χ2v) is 7.91. The highest BCUT2D eigenvalue weighted by atomic mass is 32.2. The van der Waals surface area contributed by atoms with E-state index >= 15 is 0 Å². The third-order valence-electron chi connectivity index (χ3n) is 4.69. The van der Waals surface area contributed by atoms with E-state index in [0.717, 1.165) is 11.3 Å². The summed E-state index contributed by atoms with van der Waals surface area (Å²) in [4.78, 5) is 9.62. The Hall–Kier alpha value is -1.93. The molecule has 28 heavy (non-hydrogen) atoms. The molecular formula is C20H30N2O5S. The van der Waals surface area contributed by atoms with Crippen LogP contribution in [-0.2, 0) is 24.7 Å². The van der Waals surface area contributed by atoms with Crippen molar-refractivity contribution in [1.29, 1.82) is 0 Å². The Kier molecular flexibility index (Phi) is 8.44. The van der Waals surface area contributed by atoms with Crippen molar-refractivity contribution < 1.29 is 22.6 Å². The number of ether oxygens (including phenoxy) is 3. The van der Waals surface area contributed by atoms with Crippen LogP contribution in [0.2, 0.25) is 0 Å². The smallest absolute Gasteiger partial charge is 0.210 e. The van der Waals surface area contributed by atoms with Crippen LogP contribution in [0.3, 0.4) is 0 Å². The van der Waals surface area contributed by atoms with Gasteiger partial charge in [0, 0.05) is 12.2 Å². The van der Waals surface area contributed by atoms with Gasteiger partial charge in [0.25, 0.3) is 0 Å². The minimum Gasteiger partial charge on any atom is -0.497 e. The van der Waals surface area contributed by atoms with Gasteiger partial charge in [-0.2, -0.15) is 0 Å². The van der Waals surface area contributed by atoms with Gasteiger partial charge in [-0.05, 0) is 30.0 Å². The van der Waals surface area contributed by atoms with E-state index in [-0.39, 0.29) is 23.9 Å². The average molecular weight is 411 g/mol. The van der Waals surface area contributed by atoms with Crippen LogP contribution in [0.25, 0.3) is 0 Å². The summed E-state index contributed by atoms with van der Waals surface area (Å²) in [6.07, 6.45) is 2.12. The largest absolute Gasteiger partial charge is 0.497 e. The van der Waals surface area contributed by atoms with Gasteiger partial charge in [0.1, 0.15) is 17.8 Å². The van der Waals surface area contributed by atoms with Crippen molar-refractivity contribution in [2.24, 2.45) is 15.9 Å². The van der Waals surface area contributed by atoms with Crippen LogP contribution in [-0.4, -0.2) is 62.3 Å². The van der Waals surface area contributed by atoms with Crippen molar-refractivity contribution in [3.63, 3.8) is 0 Å². The molecule has 1 aromatic rings. The topological polar surface area (TPSA) is 78.7 Å². The normalized spacial score (nSPS) is 21.5. The summed E-state index contributed by atoms with van der Waals surface area (Å²) in [6.45, 7) is 4.47. The zero-order valence-electron chi connectivity index (χ0n) is 17.4. The van der Waals surface area contributed by atoms with Crippen LogP contribution in [0.15, 0.2) is 34.3 Å². The van der Waals surface area contributed by atoms with Gasteiger partial charge in [-0.15, -0.1) is 0 Å². The molecule has 1 aliphatic heterocycles. The van der Waals surface area contributed by atoms with Gasteiger partial charge in [0.05, 0.1) is 27.9 Å². The monoisotopic (exact) mass is 410 g/mol. The lowest BCUT2D eigenvalue weighted by molar-refractivity contribution is 0.299. The molecule has 0 aliphatic carbocycles. The number of benzene rings is 1. The van der Waals surface area contributed by atoms with Crippen LogP contribution in [0.1, 0.15) is 31.7 Å². The molecule has 2 rings (SSSR count). The van der Waals surface area contributed by atoms with Crippen molar-refractivity contribution in [3.8, 4) is 5.75 Å². The molecule has 0 spiro atoms. The van der Waals surface area contributed by atoms with E-state index in [0.29, 0.717) is 24.8 Å². The fraction of sp³-hybridized carbons (Fsp3) is 0.600. The quantitative estimate of drug-likeness (QED) is 0.658. The lowest BCUT2D eigenvalue weighted by atomic mass is 9.87. The Bertz CT molecular complexity index is 718. The standard InChI is InChI=1S/C20H30N2O5S/c1-13(2)17-19(25-4)22-18(20(21-17)26-5)16(11-12-27-28(6)23)14-7-9-15(24-3)10-8-14/h7-10,13,16-18H,11-12H2,1-6H3. The molecule has 0 bridgehead atoms. The first-order valence-electron chi connectivity index (χ1n) is 9.25. The Labute approximate surface area is 169 Å². The maximum absolute atomic E-state index is 11.3. The van der Waals surface area contributed by atoms with Gasteiger partial charge in [-0.25, -0.2) is 14.2 Å². The first kappa shape index (κ1) is 22.4. The van der Waals surface area contributed by atoms with E-state index in [4.69, 9.17) is 28.4 Å². The van der Waals surface area contributed by atoms with Crippen molar-refractivity contribution in [2.45, 2.75) is 38.3 Å². The second kappa shape index (κ2) is 10.6. The number of hydrogen-bond donors (Lipinski definition) is 0. The number of hydrogen-bond acceptors (Lipinski definition) is 7. The zero-order chi connectivity index (χ0) is 20.7. The number of aliphatic imine (C=N–C) groups is 2. The number of nitrogens with zero attached hydrogens (tertiary/aromatic N) is 2. The summed E-state index contributed by atoms with van der Waals surface area (Å²) < 4.78 is 33.1. The van der Waals surface area contributed by atoms with Gasteiger partial charge in [-0.3, -0.25) is 4.18 Å². The minimum atomic E-state index is -1.32. The third-order valence-corrected chi connectivity index (χ3v) is 5.19. The molecule has 0 saturated carbocycles. The van der Waals surface area contributed by atoms with Gasteiger partial charge in [-0.1, -0.05) is 26.0 Å². The van der Waals surface area contributed by atoms with E-state index in [1.807, 2.05) is 24.3 Å². The fourth-order valence-corrected chi connectivity index (χ4v) is 3.56. The molecule has 4 atom stereocenters. The molecule has 4 unspecified atom stereocenters. The van der Waals surface area contributed by atoms with Crippen LogP contribution in [0.4, 0.5) is 0 Å². The van der Waals surface area contributed by atoms with Gasteiger partial charge >= 0.3 is 0 Å². The Morgan fingerprint density at radius 1 is 0.964 bits per heavy atom. The molecule has 0 amide bonds. The average Bonchev–Trinajstić information content (AvgIpc) is 2.70. The van der Waals surface area contributed by atoms with Crippen molar-refractivity contribution >= 4 is 22.9 Å². The molecule has 1 heterocycles. The Balaban J connectivity index is 2.39. The fourth-order valence-electron chi connectivity index (χ4n) is 3.23.